The summed E-state index contributed by atoms with van der Waals surface area (Å²) in [6.45, 7) is 2.22. The predicted molar refractivity (Wildman–Crippen MR) is 30.8 cm³/mol. The second kappa shape index (κ2) is 9.29. The van der Waals surface area contributed by atoms with Gasteiger partial charge in [0.1, 0.15) is 0 Å². The molecule has 0 aliphatic rings. The van der Waals surface area contributed by atoms with Gasteiger partial charge in [-0.1, -0.05) is 19.4 Å². The first-order chi connectivity index (χ1) is 1.91. The van der Waals surface area contributed by atoms with E-state index in [1.54, 1.807) is 0 Å². The second-order valence-electron chi connectivity index (χ2n) is 1.000. The Hall–Kier alpha value is 1.85. The summed E-state index contributed by atoms with van der Waals surface area (Å²) in [5, 5.41) is 0. The third-order valence-electron chi connectivity index (χ3n) is 0.500. The van der Waals surface area contributed by atoms with Crippen molar-refractivity contribution in [1.82, 2.24) is 0 Å². The molecule has 0 aliphatic carbocycles. The van der Waals surface area contributed by atoms with Crippen LogP contribution in [0.25, 0.3) is 0 Å². The molecule has 0 heterocycles. The average molecular weight is 113 g/mol. The van der Waals surface area contributed by atoms with Crippen LogP contribution in [0.5, 0.6) is 0 Å². The van der Waals surface area contributed by atoms with Crippen molar-refractivity contribution >= 4 is 61.6 Å². The standard InChI is InChI=1S/C3H10Si.K/c1-2-3-4;/h2-3H2,1,4H3;. The van der Waals surface area contributed by atoms with Crippen LogP contribution in [-0.4, -0.2) is 61.6 Å². The maximum atomic E-state index is 2.22. The van der Waals surface area contributed by atoms with Gasteiger partial charge < -0.3 is 0 Å². The van der Waals surface area contributed by atoms with E-state index in [1.165, 1.54) is 22.7 Å². The van der Waals surface area contributed by atoms with Gasteiger partial charge in [0.05, 0.1) is 0 Å². The van der Waals surface area contributed by atoms with Crippen LogP contribution in [0.2, 0.25) is 6.04 Å². The van der Waals surface area contributed by atoms with Gasteiger partial charge in [-0.3, -0.25) is 0 Å². The van der Waals surface area contributed by atoms with Crippen LogP contribution in [-0.2, 0) is 0 Å². The van der Waals surface area contributed by atoms with Crippen molar-refractivity contribution in [1.29, 1.82) is 0 Å². The molecular formula is C3H10KSi. The van der Waals surface area contributed by atoms with Gasteiger partial charge in [-0.2, -0.15) is 0 Å². The molecule has 27 valence electrons. The van der Waals surface area contributed by atoms with Gasteiger partial charge in [-0.15, -0.1) is 0 Å². The van der Waals surface area contributed by atoms with Crippen LogP contribution < -0.4 is 0 Å². The first-order valence-corrected chi connectivity index (χ1v) is 3.33. The molecule has 2 heteroatoms. The van der Waals surface area contributed by atoms with Crippen molar-refractivity contribution < 1.29 is 0 Å². The van der Waals surface area contributed by atoms with Gasteiger partial charge in [0.15, 0.2) is 0 Å². The summed E-state index contributed by atoms with van der Waals surface area (Å²) in [7, 11) is 1.39. The number of rotatable bonds is 1. The van der Waals surface area contributed by atoms with Gasteiger partial charge in [0, 0.05) is 61.6 Å². The van der Waals surface area contributed by atoms with Gasteiger partial charge in [-0.05, 0) is 0 Å². The van der Waals surface area contributed by atoms with Crippen LogP contribution in [0, 0.1) is 0 Å². The average Bonchev–Trinajstić information content (AvgIpc) is 1.37. The minimum absolute atomic E-state index is 0. The predicted octanol–water partition coefficient (Wildman–Crippen LogP) is -0.201. The Kier molecular flexibility index (Phi) is 18.5. The van der Waals surface area contributed by atoms with Crippen LogP contribution in [0.1, 0.15) is 13.3 Å². The molecule has 0 aromatic rings. The SMILES string of the molecule is CCC[SiH3].[K]. The number of hydrogen-bond donors (Lipinski definition) is 0. The summed E-state index contributed by atoms with van der Waals surface area (Å²) >= 11 is 0. The van der Waals surface area contributed by atoms with Crippen molar-refractivity contribution in [2.75, 3.05) is 0 Å². The molecule has 0 saturated carbocycles. The Morgan fingerprint density at radius 1 is 1.60 bits per heavy atom. The molecule has 0 aromatic carbocycles. The second-order valence-corrected chi connectivity index (χ2v) is 2.00. The smallest absolute Gasteiger partial charge is 0.00278 e. The molecule has 0 fully saturated rings. The molecule has 1 radical (unpaired) electrons. The zero-order valence-electron chi connectivity index (χ0n) is 4.41. The summed E-state index contributed by atoms with van der Waals surface area (Å²) in [5.74, 6) is 0. The zero-order chi connectivity index (χ0) is 3.41. The largest absolute Gasteiger partial charge is 0.0661 e. The van der Waals surface area contributed by atoms with Crippen molar-refractivity contribution in [3.8, 4) is 0 Å². The normalized spacial score (nSPS) is 6.60. The van der Waals surface area contributed by atoms with Crippen LogP contribution in [0.4, 0.5) is 0 Å². The molecule has 5 heavy (non-hydrogen) atoms. The van der Waals surface area contributed by atoms with Gasteiger partial charge in [0.2, 0.25) is 0 Å². The minimum Gasteiger partial charge on any atom is -0.0661 e. The zero-order valence-corrected chi connectivity index (χ0v) is 9.54. The van der Waals surface area contributed by atoms with Crippen molar-refractivity contribution in [2.45, 2.75) is 19.4 Å². The fraction of sp³-hybridized carbons (Fsp3) is 1.00. The van der Waals surface area contributed by atoms with Crippen molar-refractivity contribution in [3.05, 3.63) is 0 Å². The Balaban J connectivity index is 0. The van der Waals surface area contributed by atoms with E-state index in [-0.39, 0.29) is 51.4 Å². The van der Waals surface area contributed by atoms with E-state index in [9.17, 15) is 0 Å². The minimum atomic E-state index is 0. The molecule has 0 bridgehead atoms. The summed E-state index contributed by atoms with van der Waals surface area (Å²) in [6, 6.07) is 1.46. The number of hydrogen-bond acceptors (Lipinski definition) is 0. The molecule has 0 rings (SSSR count). The Morgan fingerprint density at radius 3 is 1.80 bits per heavy atom. The molecule has 0 N–H and O–H groups in total. The van der Waals surface area contributed by atoms with Crippen LogP contribution in [0.3, 0.4) is 0 Å². The first-order valence-electron chi connectivity index (χ1n) is 1.91. The molecule has 0 aromatic heterocycles. The third kappa shape index (κ3) is 10.7. The fourth-order valence-electron chi connectivity index (χ4n) is 0. The molecule has 0 unspecified atom stereocenters. The summed E-state index contributed by atoms with van der Waals surface area (Å²) in [4.78, 5) is 0. The molecule has 0 spiro atoms. The summed E-state index contributed by atoms with van der Waals surface area (Å²) < 4.78 is 0. The topological polar surface area (TPSA) is 0 Å². The Bertz CT molecular complexity index is 8.85. The van der Waals surface area contributed by atoms with Crippen molar-refractivity contribution in [2.24, 2.45) is 0 Å². The quantitative estimate of drug-likeness (QED) is 0.413. The Labute approximate surface area is 79.6 Å². The fourth-order valence-corrected chi connectivity index (χ4v) is 0. The van der Waals surface area contributed by atoms with Crippen LogP contribution >= 0.6 is 0 Å². The first kappa shape index (κ1) is 9.97. The summed E-state index contributed by atoms with van der Waals surface area (Å²) in [6.07, 6.45) is 1.38. The molecular weight excluding hydrogens is 103 g/mol. The maximum Gasteiger partial charge on any atom is 0.00278 e. The van der Waals surface area contributed by atoms with E-state index in [0.717, 1.165) is 0 Å². The molecule has 0 saturated heterocycles. The maximum absolute atomic E-state index is 2.22. The monoisotopic (exact) mass is 113 g/mol. The van der Waals surface area contributed by atoms with Gasteiger partial charge in [0.25, 0.3) is 0 Å². The molecule has 0 amide bonds. The molecule has 0 aliphatic heterocycles. The van der Waals surface area contributed by atoms with Crippen molar-refractivity contribution in [3.63, 3.8) is 0 Å². The van der Waals surface area contributed by atoms with Gasteiger partial charge in [-0.25, -0.2) is 0 Å². The molecule has 0 nitrogen and oxygen atoms in total. The van der Waals surface area contributed by atoms with E-state index in [0.29, 0.717) is 0 Å². The summed E-state index contributed by atoms with van der Waals surface area (Å²) in [5.41, 5.74) is 0. The van der Waals surface area contributed by atoms with E-state index in [4.69, 9.17) is 0 Å². The van der Waals surface area contributed by atoms with Gasteiger partial charge >= 0.3 is 0 Å². The third-order valence-corrected chi connectivity index (χ3v) is 1.50. The van der Waals surface area contributed by atoms with Crippen LogP contribution in [0.15, 0.2) is 0 Å². The Morgan fingerprint density at radius 2 is 1.80 bits per heavy atom. The van der Waals surface area contributed by atoms with E-state index in [2.05, 4.69) is 6.92 Å². The van der Waals surface area contributed by atoms with E-state index >= 15 is 0 Å². The van der Waals surface area contributed by atoms with E-state index < -0.39 is 0 Å². The molecule has 0 atom stereocenters. The van der Waals surface area contributed by atoms with E-state index in [1.807, 2.05) is 0 Å².